The average molecular weight is 526 g/mol. The molecular formula is C30H37BrO3. The minimum absolute atomic E-state index is 0.0780. The van der Waals surface area contributed by atoms with Crippen LogP contribution >= 0.6 is 15.9 Å². The van der Waals surface area contributed by atoms with Gasteiger partial charge in [-0.15, -0.1) is 0 Å². The van der Waals surface area contributed by atoms with E-state index >= 15 is 0 Å². The summed E-state index contributed by atoms with van der Waals surface area (Å²) in [5.74, 6) is 0.125. The van der Waals surface area contributed by atoms with E-state index < -0.39 is 11.5 Å². The third-order valence-corrected chi connectivity index (χ3v) is 8.21. The van der Waals surface area contributed by atoms with E-state index in [4.69, 9.17) is 9.47 Å². The molecule has 1 fully saturated rings. The van der Waals surface area contributed by atoms with Gasteiger partial charge in [-0.25, -0.2) is 0 Å². The normalized spacial score (nSPS) is 26.2. The van der Waals surface area contributed by atoms with Gasteiger partial charge in [-0.3, -0.25) is 0 Å². The molecule has 3 nitrogen and oxygen atoms in total. The van der Waals surface area contributed by atoms with Crippen LogP contribution in [-0.4, -0.2) is 31.2 Å². The lowest BCUT2D eigenvalue weighted by atomic mass is 9.65. The van der Waals surface area contributed by atoms with E-state index in [1.807, 2.05) is 6.07 Å². The first-order chi connectivity index (χ1) is 16.5. The summed E-state index contributed by atoms with van der Waals surface area (Å²) in [6, 6.07) is 18.9. The zero-order valence-electron chi connectivity index (χ0n) is 20.4. The molecule has 2 aliphatic carbocycles. The van der Waals surface area contributed by atoms with Crippen molar-refractivity contribution in [2.75, 3.05) is 13.9 Å². The number of halogens is 1. The summed E-state index contributed by atoms with van der Waals surface area (Å²) in [7, 11) is 1.65. The van der Waals surface area contributed by atoms with Gasteiger partial charge in [0.25, 0.3) is 0 Å². The first-order valence-corrected chi connectivity index (χ1v) is 13.3. The summed E-state index contributed by atoms with van der Waals surface area (Å²) in [6.45, 7) is 7.14. The molecule has 2 aromatic carbocycles. The molecule has 0 spiro atoms. The summed E-state index contributed by atoms with van der Waals surface area (Å²) >= 11 is 3.69. The number of methoxy groups -OCH3 is 1. The number of hydrogen-bond acceptors (Lipinski definition) is 3. The Morgan fingerprint density at radius 3 is 2.62 bits per heavy atom. The molecule has 1 saturated carbocycles. The lowest BCUT2D eigenvalue weighted by Gasteiger charge is -2.39. The fraction of sp³-hybridized carbons (Fsp3) is 0.467. The number of unbranched alkanes of at least 4 members (excludes halogenated alkanes) is 3. The van der Waals surface area contributed by atoms with Crippen LogP contribution in [0.2, 0.25) is 0 Å². The van der Waals surface area contributed by atoms with Gasteiger partial charge in [-0.05, 0) is 53.7 Å². The van der Waals surface area contributed by atoms with Crippen LogP contribution in [0.1, 0.15) is 63.0 Å². The highest BCUT2D eigenvalue weighted by molar-refractivity contribution is 9.10. The van der Waals surface area contributed by atoms with Crippen LogP contribution in [0.15, 0.2) is 71.2 Å². The molecule has 0 aromatic heterocycles. The predicted molar refractivity (Wildman–Crippen MR) is 143 cm³/mol. The molecule has 4 heteroatoms. The standard InChI is InChI=1S/C30H37BrO3/c1-4-5-6-8-14-24-18-26-27(34-20-33-3)19-28(32)30(26,21(2)22-12-9-7-10-13-22)29(24)23-15-11-16-25(31)17-23/h7,9-13,15-17,26-28,32H,2,4-6,8,14,18-20H2,1,3H3. The highest BCUT2D eigenvalue weighted by atomic mass is 79.9. The van der Waals surface area contributed by atoms with Crippen molar-refractivity contribution in [3.63, 3.8) is 0 Å². The molecule has 4 rings (SSSR count). The van der Waals surface area contributed by atoms with E-state index in [1.54, 1.807) is 7.11 Å². The van der Waals surface area contributed by atoms with Crippen molar-refractivity contribution in [1.82, 2.24) is 0 Å². The number of fused-ring (bicyclic) bond motifs is 1. The molecule has 0 aliphatic heterocycles. The Morgan fingerprint density at radius 1 is 1.12 bits per heavy atom. The van der Waals surface area contributed by atoms with Gasteiger partial charge in [-0.1, -0.05) is 96.7 Å². The zero-order chi connectivity index (χ0) is 24.1. The van der Waals surface area contributed by atoms with Gasteiger partial charge < -0.3 is 14.6 Å². The number of allylic oxidation sites excluding steroid dienone is 1. The van der Waals surface area contributed by atoms with Crippen molar-refractivity contribution >= 4 is 27.1 Å². The molecule has 1 N–H and O–H groups in total. The van der Waals surface area contributed by atoms with E-state index in [0.717, 1.165) is 28.5 Å². The van der Waals surface area contributed by atoms with Gasteiger partial charge in [-0.2, -0.15) is 0 Å². The van der Waals surface area contributed by atoms with Gasteiger partial charge in [0.2, 0.25) is 0 Å². The Hall–Kier alpha value is -1.72. The quantitative estimate of drug-likeness (QED) is 0.242. The summed E-state index contributed by atoms with van der Waals surface area (Å²) < 4.78 is 12.5. The van der Waals surface area contributed by atoms with Crippen LogP contribution < -0.4 is 0 Å². The van der Waals surface area contributed by atoms with E-state index in [2.05, 4.69) is 78.0 Å². The lowest BCUT2D eigenvalue weighted by molar-refractivity contribution is -0.0865. The summed E-state index contributed by atoms with van der Waals surface area (Å²) in [5.41, 5.74) is 5.37. The van der Waals surface area contributed by atoms with Crippen molar-refractivity contribution in [2.45, 2.75) is 64.1 Å². The van der Waals surface area contributed by atoms with Gasteiger partial charge in [0.1, 0.15) is 6.79 Å². The van der Waals surface area contributed by atoms with Crippen LogP contribution in [0.4, 0.5) is 0 Å². The number of rotatable bonds is 11. The Morgan fingerprint density at radius 2 is 1.91 bits per heavy atom. The van der Waals surface area contributed by atoms with Crippen LogP contribution in [0.3, 0.4) is 0 Å². The largest absolute Gasteiger partial charge is 0.392 e. The monoisotopic (exact) mass is 524 g/mol. The Bertz CT molecular complexity index is 1010. The second-order valence-corrected chi connectivity index (χ2v) is 10.6. The number of benzene rings is 2. The third-order valence-electron chi connectivity index (χ3n) is 7.72. The predicted octanol–water partition coefficient (Wildman–Crippen LogP) is 7.65. The molecule has 0 radical (unpaired) electrons. The molecular weight excluding hydrogens is 488 g/mol. The van der Waals surface area contributed by atoms with Gasteiger partial charge in [0.05, 0.1) is 17.6 Å². The number of aliphatic hydroxyl groups is 1. The first-order valence-electron chi connectivity index (χ1n) is 12.6. The molecule has 4 atom stereocenters. The fourth-order valence-corrected chi connectivity index (χ4v) is 6.69. The van der Waals surface area contributed by atoms with Gasteiger partial charge in [0, 0.05) is 23.9 Å². The minimum atomic E-state index is -0.583. The summed E-state index contributed by atoms with van der Waals surface area (Å²) in [6.07, 6.45) is 6.78. The van der Waals surface area contributed by atoms with Gasteiger partial charge in [0.15, 0.2) is 0 Å². The molecule has 0 amide bonds. The number of ether oxygens (including phenoxy) is 2. The average Bonchev–Trinajstić information content (AvgIpc) is 3.33. The van der Waals surface area contributed by atoms with Crippen molar-refractivity contribution in [2.24, 2.45) is 11.3 Å². The number of aliphatic hydroxyl groups excluding tert-OH is 1. The SMILES string of the molecule is C=C(c1ccccc1)C12C(c3cccc(Br)c3)=C(CCCCCC)CC1C(OCOC)CC2O. The van der Waals surface area contributed by atoms with Crippen molar-refractivity contribution in [1.29, 1.82) is 0 Å². The Kier molecular flexibility index (Phi) is 8.47. The molecule has 182 valence electrons. The Balaban J connectivity index is 1.86. The van der Waals surface area contributed by atoms with Gasteiger partial charge >= 0.3 is 0 Å². The van der Waals surface area contributed by atoms with Crippen molar-refractivity contribution in [3.05, 3.63) is 82.3 Å². The molecule has 0 saturated heterocycles. The Labute approximate surface area is 213 Å². The van der Waals surface area contributed by atoms with Crippen molar-refractivity contribution < 1.29 is 14.6 Å². The third kappa shape index (κ3) is 4.70. The maximum atomic E-state index is 11.9. The maximum Gasteiger partial charge on any atom is 0.146 e. The maximum absolute atomic E-state index is 11.9. The molecule has 2 aliphatic rings. The lowest BCUT2D eigenvalue weighted by Crippen LogP contribution is -2.36. The minimum Gasteiger partial charge on any atom is -0.392 e. The first kappa shape index (κ1) is 25.4. The van der Waals surface area contributed by atoms with E-state index in [-0.39, 0.29) is 18.8 Å². The van der Waals surface area contributed by atoms with Crippen LogP contribution in [0.25, 0.3) is 11.1 Å². The smallest absolute Gasteiger partial charge is 0.146 e. The van der Waals surface area contributed by atoms with E-state index in [1.165, 1.54) is 42.4 Å². The summed E-state index contributed by atoms with van der Waals surface area (Å²) in [4.78, 5) is 0. The second kappa shape index (κ2) is 11.3. The highest BCUT2D eigenvalue weighted by Gasteiger charge is 2.62. The molecule has 4 unspecified atom stereocenters. The second-order valence-electron chi connectivity index (χ2n) is 9.69. The topological polar surface area (TPSA) is 38.7 Å². The molecule has 34 heavy (non-hydrogen) atoms. The number of hydrogen-bond donors (Lipinski definition) is 1. The highest BCUT2D eigenvalue weighted by Crippen LogP contribution is 2.66. The zero-order valence-corrected chi connectivity index (χ0v) is 22.0. The molecule has 0 heterocycles. The van der Waals surface area contributed by atoms with E-state index in [9.17, 15) is 5.11 Å². The van der Waals surface area contributed by atoms with Crippen LogP contribution in [0.5, 0.6) is 0 Å². The van der Waals surface area contributed by atoms with Crippen molar-refractivity contribution in [3.8, 4) is 0 Å². The summed E-state index contributed by atoms with van der Waals surface area (Å²) in [5, 5.41) is 11.9. The fourth-order valence-electron chi connectivity index (χ4n) is 6.29. The van der Waals surface area contributed by atoms with Crippen LogP contribution in [0, 0.1) is 11.3 Å². The van der Waals surface area contributed by atoms with E-state index in [0.29, 0.717) is 6.42 Å². The van der Waals surface area contributed by atoms with Crippen LogP contribution in [-0.2, 0) is 9.47 Å². The molecule has 0 bridgehead atoms. The molecule has 2 aromatic rings.